The Morgan fingerprint density at radius 3 is 2.63 bits per heavy atom. The quantitative estimate of drug-likeness (QED) is 0.793. The van der Waals surface area contributed by atoms with Crippen LogP contribution in [0.3, 0.4) is 0 Å². The number of hydrogen-bond acceptors (Lipinski definition) is 4. The van der Waals surface area contributed by atoms with Gasteiger partial charge < -0.3 is 5.73 Å². The monoisotopic (exact) mass is 269 g/mol. The van der Waals surface area contributed by atoms with Gasteiger partial charge in [-0.15, -0.1) is 0 Å². The molecule has 0 radical (unpaired) electrons. The Morgan fingerprint density at radius 1 is 1.16 bits per heavy atom. The first-order valence-corrected chi connectivity index (χ1v) is 6.63. The number of fused-ring (bicyclic) bond motifs is 1. The van der Waals surface area contributed by atoms with Gasteiger partial charge in [-0.3, -0.25) is 4.79 Å². The molecule has 0 aliphatic rings. The van der Waals surface area contributed by atoms with Gasteiger partial charge in [0.2, 0.25) is 5.91 Å². The van der Waals surface area contributed by atoms with Crippen molar-refractivity contribution in [2.45, 2.75) is 5.92 Å². The first-order chi connectivity index (χ1) is 9.25. The predicted octanol–water partition coefficient (Wildman–Crippen LogP) is 2.31. The van der Waals surface area contributed by atoms with E-state index in [4.69, 9.17) is 5.73 Å². The zero-order chi connectivity index (χ0) is 13.2. The van der Waals surface area contributed by atoms with Crippen molar-refractivity contribution in [2.75, 3.05) is 0 Å². The van der Waals surface area contributed by atoms with Crippen LogP contribution in [0.4, 0.5) is 0 Å². The van der Waals surface area contributed by atoms with E-state index in [-0.39, 0.29) is 0 Å². The van der Waals surface area contributed by atoms with Gasteiger partial charge in [-0.05, 0) is 17.7 Å². The molecule has 1 unspecified atom stereocenters. The topological polar surface area (TPSA) is 68.9 Å². The number of hydrogen-bond donors (Lipinski definition) is 1. The molecule has 1 amide bonds. The summed E-state index contributed by atoms with van der Waals surface area (Å²) in [6.07, 6.45) is 1.71. The van der Waals surface area contributed by atoms with Crippen LogP contribution in [0.5, 0.6) is 0 Å². The van der Waals surface area contributed by atoms with Gasteiger partial charge in [-0.2, -0.15) is 0 Å². The molecule has 19 heavy (non-hydrogen) atoms. The predicted molar refractivity (Wildman–Crippen MR) is 74.9 cm³/mol. The summed E-state index contributed by atoms with van der Waals surface area (Å²) < 4.78 is 0. The maximum atomic E-state index is 11.7. The van der Waals surface area contributed by atoms with Gasteiger partial charge >= 0.3 is 0 Å². The molecule has 2 aromatic heterocycles. The highest BCUT2D eigenvalue weighted by Gasteiger charge is 2.24. The standard InChI is InChI=1S/C14H11N3OS/c15-12(18)11(9-5-2-1-3-6-9)14-17-10-7-4-8-16-13(10)19-14/h1-8,11H,(H2,15,18). The molecule has 2 N–H and O–H groups in total. The molecular formula is C14H11N3OS. The summed E-state index contributed by atoms with van der Waals surface area (Å²) in [5, 5.41) is 0.687. The van der Waals surface area contributed by atoms with Gasteiger partial charge in [-0.1, -0.05) is 41.7 Å². The number of benzene rings is 1. The van der Waals surface area contributed by atoms with E-state index in [0.717, 1.165) is 15.9 Å². The Hall–Kier alpha value is -2.27. The fourth-order valence-corrected chi connectivity index (χ4v) is 3.03. The third kappa shape index (κ3) is 2.20. The van der Waals surface area contributed by atoms with Crippen molar-refractivity contribution in [2.24, 2.45) is 5.73 Å². The van der Waals surface area contributed by atoms with E-state index >= 15 is 0 Å². The fourth-order valence-electron chi connectivity index (χ4n) is 1.98. The van der Waals surface area contributed by atoms with Crippen LogP contribution in [0.25, 0.3) is 10.3 Å². The summed E-state index contributed by atoms with van der Waals surface area (Å²) in [5.41, 5.74) is 7.18. The third-order valence-electron chi connectivity index (χ3n) is 2.85. The van der Waals surface area contributed by atoms with Gasteiger partial charge in [0.25, 0.3) is 0 Å². The van der Waals surface area contributed by atoms with Crippen molar-refractivity contribution in [3.8, 4) is 0 Å². The van der Waals surface area contributed by atoms with E-state index in [2.05, 4.69) is 9.97 Å². The minimum Gasteiger partial charge on any atom is -0.369 e. The van der Waals surface area contributed by atoms with Crippen molar-refractivity contribution in [1.29, 1.82) is 0 Å². The number of thiazole rings is 1. The second-order valence-corrected chi connectivity index (χ2v) is 5.13. The smallest absolute Gasteiger partial charge is 0.231 e. The number of carbonyl (C=O) groups excluding carboxylic acids is 1. The Kier molecular flexibility index (Phi) is 2.97. The number of carbonyl (C=O) groups is 1. The summed E-state index contributed by atoms with van der Waals surface area (Å²) >= 11 is 1.41. The highest BCUT2D eigenvalue weighted by Crippen LogP contribution is 2.30. The van der Waals surface area contributed by atoms with E-state index in [1.807, 2.05) is 42.5 Å². The van der Waals surface area contributed by atoms with Crippen LogP contribution < -0.4 is 5.73 Å². The van der Waals surface area contributed by atoms with Crippen LogP contribution in [0.1, 0.15) is 16.5 Å². The maximum Gasteiger partial charge on any atom is 0.231 e. The van der Waals surface area contributed by atoms with Crippen molar-refractivity contribution in [1.82, 2.24) is 9.97 Å². The van der Waals surface area contributed by atoms with Crippen molar-refractivity contribution >= 4 is 27.6 Å². The number of amides is 1. The molecule has 5 heteroatoms. The van der Waals surface area contributed by atoms with Crippen LogP contribution in [-0.4, -0.2) is 15.9 Å². The van der Waals surface area contributed by atoms with Gasteiger partial charge in [0, 0.05) is 6.20 Å². The van der Waals surface area contributed by atoms with Crippen LogP contribution >= 0.6 is 11.3 Å². The van der Waals surface area contributed by atoms with Crippen molar-refractivity contribution in [3.05, 3.63) is 59.2 Å². The lowest BCUT2D eigenvalue weighted by atomic mass is 9.99. The molecule has 0 aliphatic heterocycles. The normalized spacial score (nSPS) is 12.4. The summed E-state index contributed by atoms with van der Waals surface area (Å²) in [4.78, 5) is 21.3. The van der Waals surface area contributed by atoms with Crippen molar-refractivity contribution < 1.29 is 4.79 Å². The van der Waals surface area contributed by atoms with E-state index < -0.39 is 11.8 Å². The van der Waals surface area contributed by atoms with Crippen LogP contribution in [0, 0.1) is 0 Å². The molecule has 2 heterocycles. The Morgan fingerprint density at radius 2 is 1.95 bits per heavy atom. The average molecular weight is 269 g/mol. The molecular weight excluding hydrogens is 258 g/mol. The van der Waals surface area contributed by atoms with E-state index in [0.29, 0.717) is 5.01 Å². The molecule has 0 saturated carbocycles. The van der Waals surface area contributed by atoms with Gasteiger partial charge in [0.15, 0.2) is 0 Å². The van der Waals surface area contributed by atoms with Gasteiger partial charge in [0.05, 0.1) is 0 Å². The Bertz CT molecular complexity index is 691. The molecule has 1 atom stereocenters. The second-order valence-electron chi connectivity index (χ2n) is 4.13. The number of aromatic nitrogens is 2. The zero-order valence-electron chi connectivity index (χ0n) is 9.98. The van der Waals surface area contributed by atoms with E-state index in [9.17, 15) is 4.79 Å². The first-order valence-electron chi connectivity index (χ1n) is 5.81. The van der Waals surface area contributed by atoms with Crippen molar-refractivity contribution in [3.63, 3.8) is 0 Å². The zero-order valence-corrected chi connectivity index (χ0v) is 10.8. The average Bonchev–Trinajstić information content (AvgIpc) is 2.82. The summed E-state index contributed by atoms with van der Waals surface area (Å²) in [6, 6.07) is 13.2. The largest absolute Gasteiger partial charge is 0.369 e. The number of pyridine rings is 1. The molecule has 94 valence electrons. The van der Waals surface area contributed by atoms with Crippen LogP contribution in [0.15, 0.2) is 48.7 Å². The molecule has 3 aromatic rings. The van der Waals surface area contributed by atoms with E-state index in [1.165, 1.54) is 11.3 Å². The minimum absolute atomic E-state index is 0.398. The fraction of sp³-hybridized carbons (Fsp3) is 0.0714. The SMILES string of the molecule is NC(=O)C(c1ccccc1)c1nc2cccnc2s1. The van der Waals surface area contributed by atoms with Gasteiger partial charge in [-0.25, -0.2) is 9.97 Å². The number of nitrogens with two attached hydrogens (primary N) is 1. The summed E-state index contributed by atoms with van der Waals surface area (Å²) in [6.45, 7) is 0. The molecule has 0 spiro atoms. The summed E-state index contributed by atoms with van der Waals surface area (Å²) in [5.74, 6) is -0.911. The molecule has 0 aliphatic carbocycles. The molecule has 0 bridgehead atoms. The lowest BCUT2D eigenvalue weighted by Gasteiger charge is -2.10. The Balaban J connectivity index is 2.12. The molecule has 4 nitrogen and oxygen atoms in total. The van der Waals surface area contributed by atoms with E-state index in [1.54, 1.807) is 6.20 Å². The molecule has 1 aromatic carbocycles. The lowest BCUT2D eigenvalue weighted by molar-refractivity contribution is -0.118. The molecule has 3 rings (SSSR count). The number of rotatable bonds is 3. The first kappa shape index (κ1) is 11.8. The van der Waals surface area contributed by atoms with Gasteiger partial charge in [0.1, 0.15) is 21.3 Å². The lowest BCUT2D eigenvalue weighted by Crippen LogP contribution is -2.22. The highest BCUT2D eigenvalue weighted by molar-refractivity contribution is 7.18. The number of primary amides is 1. The third-order valence-corrected chi connectivity index (χ3v) is 3.89. The van der Waals surface area contributed by atoms with Crippen LogP contribution in [0.2, 0.25) is 0 Å². The minimum atomic E-state index is -0.514. The second kappa shape index (κ2) is 4.78. The highest BCUT2D eigenvalue weighted by atomic mass is 32.1. The molecule has 0 saturated heterocycles. The van der Waals surface area contributed by atoms with Crippen LogP contribution in [-0.2, 0) is 4.79 Å². The Labute approximate surface area is 113 Å². The molecule has 0 fully saturated rings. The maximum absolute atomic E-state index is 11.7. The number of nitrogens with zero attached hydrogens (tertiary/aromatic N) is 2. The summed E-state index contributed by atoms with van der Waals surface area (Å²) in [7, 11) is 0.